The van der Waals surface area contributed by atoms with Crippen molar-refractivity contribution in [1.82, 2.24) is 0 Å². The Morgan fingerprint density at radius 1 is 1.14 bits per heavy atom. The molecule has 148 valence electrons. The molecule has 0 amide bonds. The molecule has 28 heavy (non-hydrogen) atoms. The number of nitrogens with zero attached hydrogens (tertiary/aromatic N) is 1. The number of carbonyl (C=O) groups is 1. The molecule has 0 N–H and O–H groups in total. The quantitative estimate of drug-likeness (QED) is 0.488. The highest BCUT2D eigenvalue weighted by Gasteiger charge is 2.33. The summed E-state index contributed by atoms with van der Waals surface area (Å²) in [6.45, 7) is 7.67. The van der Waals surface area contributed by atoms with Crippen molar-refractivity contribution in [3.05, 3.63) is 65.2 Å². The first-order valence-electron chi connectivity index (χ1n) is 8.93. The van der Waals surface area contributed by atoms with Crippen molar-refractivity contribution in [1.29, 1.82) is 0 Å². The molecule has 3 rings (SSSR count). The highest BCUT2D eigenvalue weighted by Crippen LogP contribution is 2.41. The smallest absolute Gasteiger partial charge is 0.416 e. The van der Waals surface area contributed by atoms with Crippen LogP contribution in [0.4, 0.5) is 18.9 Å². The van der Waals surface area contributed by atoms with Crippen LogP contribution in [-0.2, 0) is 17.5 Å². The summed E-state index contributed by atoms with van der Waals surface area (Å²) < 4.78 is 44.4. The predicted octanol–water partition coefficient (Wildman–Crippen LogP) is 5.83. The maximum atomic E-state index is 13.1. The number of benzene rings is 2. The van der Waals surface area contributed by atoms with Crippen LogP contribution in [0.5, 0.6) is 5.75 Å². The lowest BCUT2D eigenvalue weighted by Crippen LogP contribution is -2.44. The molecule has 0 saturated carbocycles. The van der Waals surface area contributed by atoms with E-state index in [1.807, 2.05) is 26.8 Å². The minimum atomic E-state index is -4.37. The van der Waals surface area contributed by atoms with Gasteiger partial charge in [0.15, 0.2) is 0 Å². The van der Waals surface area contributed by atoms with Crippen molar-refractivity contribution in [2.24, 2.45) is 0 Å². The molecular weight excluding hydrogens is 367 g/mol. The maximum Gasteiger partial charge on any atom is 0.416 e. The van der Waals surface area contributed by atoms with E-state index in [0.717, 1.165) is 22.9 Å². The van der Waals surface area contributed by atoms with Crippen molar-refractivity contribution in [3.63, 3.8) is 0 Å². The Morgan fingerprint density at radius 2 is 1.86 bits per heavy atom. The summed E-state index contributed by atoms with van der Waals surface area (Å²) in [6, 6.07) is 10.7. The second-order valence-electron chi connectivity index (χ2n) is 7.54. The van der Waals surface area contributed by atoms with Crippen molar-refractivity contribution < 1.29 is 22.7 Å². The Morgan fingerprint density at radius 3 is 2.50 bits per heavy atom. The van der Waals surface area contributed by atoms with Crippen LogP contribution >= 0.6 is 0 Å². The zero-order valence-corrected chi connectivity index (χ0v) is 16.2. The largest absolute Gasteiger partial charge is 0.427 e. The standard InChI is InChI=1S/C22H22F3NO2/c1-14-12-21(3,4)26(13-16-6-5-7-17(10-16)22(23,24)25)20-9-8-18(11-19(14)20)28-15(2)27/h5-12H,13H2,1-4H3. The van der Waals surface area contributed by atoms with Gasteiger partial charge >= 0.3 is 12.1 Å². The molecule has 0 fully saturated rings. The summed E-state index contributed by atoms with van der Waals surface area (Å²) in [5.74, 6) is 0.0382. The summed E-state index contributed by atoms with van der Waals surface area (Å²) in [4.78, 5) is 13.3. The van der Waals surface area contributed by atoms with Crippen molar-refractivity contribution >= 4 is 17.2 Å². The fraction of sp³-hybridized carbons (Fsp3) is 0.318. The normalized spacial score (nSPS) is 15.7. The molecule has 6 heteroatoms. The summed E-state index contributed by atoms with van der Waals surface area (Å²) in [6.07, 6.45) is -2.30. The number of halogens is 3. The van der Waals surface area contributed by atoms with E-state index in [0.29, 0.717) is 17.9 Å². The molecule has 0 aromatic heterocycles. The molecule has 1 aliphatic rings. The van der Waals surface area contributed by atoms with Gasteiger partial charge in [0.05, 0.1) is 11.1 Å². The number of ether oxygens (including phenoxy) is 1. The van der Waals surface area contributed by atoms with E-state index in [2.05, 4.69) is 11.0 Å². The van der Waals surface area contributed by atoms with Crippen LogP contribution < -0.4 is 9.64 Å². The third kappa shape index (κ3) is 4.06. The van der Waals surface area contributed by atoms with Crippen LogP contribution in [0.2, 0.25) is 0 Å². The van der Waals surface area contributed by atoms with Gasteiger partial charge < -0.3 is 9.64 Å². The monoisotopic (exact) mass is 389 g/mol. The number of fused-ring (bicyclic) bond motifs is 1. The van der Waals surface area contributed by atoms with Gasteiger partial charge in [0.2, 0.25) is 0 Å². The Balaban J connectivity index is 2.01. The molecule has 0 spiro atoms. The van der Waals surface area contributed by atoms with Gasteiger partial charge in [0, 0.05) is 24.7 Å². The fourth-order valence-electron chi connectivity index (χ4n) is 3.61. The highest BCUT2D eigenvalue weighted by molar-refractivity contribution is 5.82. The minimum Gasteiger partial charge on any atom is -0.427 e. The number of anilines is 1. The topological polar surface area (TPSA) is 29.5 Å². The molecule has 0 bridgehead atoms. The number of carbonyl (C=O) groups excluding carboxylic acids is 1. The first-order valence-corrected chi connectivity index (χ1v) is 8.93. The second kappa shape index (κ2) is 7.00. The summed E-state index contributed by atoms with van der Waals surface area (Å²) >= 11 is 0. The Kier molecular flexibility index (Phi) is 5.00. The number of hydrogen-bond donors (Lipinski definition) is 0. The van der Waals surface area contributed by atoms with Gasteiger partial charge in [0.25, 0.3) is 0 Å². The molecule has 2 aromatic carbocycles. The Bertz CT molecular complexity index is 945. The maximum absolute atomic E-state index is 13.1. The van der Waals surface area contributed by atoms with E-state index in [9.17, 15) is 18.0 Å². The average Bonchev–Trinajstić information content (AvgIpc) is 2.57. The summed E-state index contributed by atoms with van der Waals surface area (Å²) in [5.41, 5.74) is 2.33. The van der Waals surface area contributed by atoms with E-state index >= 15 is 0 Å². The van der Waals surface area contributed by atoms with Crippen LogP contribution in [0.3, 0.4) is 0 Å². The zero-order valence-electron chi connectivity index (χ0n) is 16.2. The van der Waals surface area contributed by atoms with E-state index in [-0.39, 0.29) is 0 Å². The van der Waals surface area contributed by atoms with Gasteiger partial charge in [-0.15, -0.1) is 0 Å². The average molecular weight is 389 g/mol. The number of allylic oxidation sites excluding steroid dienone is 1. The van der Waals surface area contributed by atoms with E-state index in [1.165, 1.54) is 19.1 Å². The highest BCUT2D eigenvalue weighted by atomic mass is 19.4. The molecule has 1 aliphatic heterocycles. The van der Waals surface area contributed by atoms with Gasteiger partial charge in [0.1, 0.15) is 5.75 Å². The van der Waals surface area contributed by atoms with Crippen molar-refractivity contribution in [3.8, 4) is 5.75 Å². The molecular formula is C22H22F3NO2. The number of alkyl halides is 3. The molecule has 0 saturated heterocycles. The first-order chi connectivity index (χ1) is 13.0. The molecule has 0 aliphatic carbocycles. The van der Waals surface area contributed by atoms with E-state index in [1.54, 1.807) is 18.2 Å². The number of esters is 1. The molecule has 2 aromatic rings. The van der Waals surface area contributed by atoms with Crippen LogP contribution in [0, 0.1) is 0 Å². The SMILES string of the molecule is CC(=O)Oc1ccc2c(c1)C(C)=CC(C)(C)N2Cc1cccc(C(F)(F)F)c1. The summed E-state index contributed by atoms with van der Waals surface area (Å²) in [7, 11) is 0. The third-order valence-corrected chi connectivity index (χ3v) is 4.81. The van der Waals surface area contributed by atoms with Gasteiger partial charge in [-0.25, -0.2) is 0 Å². The van der Waals surface area contributed by atoms with Crippen molar-refractivity contribution in [2.75, 3.05) is 4.90 Å². The predicted molar refractivity (Wildman–Crippen MR) is 103 cm³/mol. The van der Waals surface area contributed by atoms with Crippen LogP contribution in [-0.4, -0.2) is 11.5 Å². The zero-order chi connectivity index (χ0) is 20.7. The molecule has 3 nitrogen and oxygen atoms in total. The second-order valence-corrected chi connectivity index (χ2v) is 7.54. The fourth-order valence-corrected chi connectivity index (χ4v) is 3.61. The van der Waals surface area contributed by atoms with Crippen LogP contribution in [0.15, 0.2) is 48.5 Å². The van der Waals surface area contributed by atoms with E-state index in [4.69, 9.17) is 4.74 Å². The lowest BCUT2D eigenvalue weighted by atomic mass is 9.88. The molecule has 1 heterocycles. The molecule has 0 unspecified atom stereocenters. The lowest BCUT2D eigenvalue weighted by Gasteiger charge is -2.43. The number of hydrogen-bond acceptors (Lipinski definition) is 3. The summed E-state index contributed by atoms with van der Waals surface area (Å²) in [5, 5.41) is 0. The Hall–Kier alpha value is -2.76. The minimum absolute atomic E-state index is 0.320. The van der Waals surface area contributed by atoms with E-state index < -0.39 is 23.2 Å². The first kappa shape index (κ1) is 20.0. The van der Waals surface area contributed by atoms with Crippen molar-refractivity contribution in [2.45, 2.75) is 46.0 Å². The lowest BCUT2D eigenvalue weighted by molar-refractivity contribution is -0.137. The van der Waals surface area contributed by atoms with Gasteiger partial charge in [-0.1, -0.05) is 18.2 Å². The van der Waals surface area contributed by atoms with Gasteiger partial charge in [-0.05, 0) is 62.2 Å². The van der Waals surface area contributed by atoms with Gasteiger partial charge in [-0.2, -0.15) is 13.2 Å². The number of rotatable bonds is 3. The third-order valence-electron chi connectivity index (χ3n) is 4.81. The molecule has 0 radical (unpaired) electrons. The van der Waals surface area contributed by atoms with Crippen LogP contribution in [0.1, 0.15) is 44.4 Å². The van der Waals surface area contributed by atoms with Crippen LogP contribution in [0.25, 0.3) is 5.57 Å². The molecule has 0 atom stereocenters. The Labute approximate surface area is 162 Å². The van der Waals surface area contributed by atoms with Gasteiger partial charge in [-0.3, -0.25) is 4.79 Å².